The molecule has 2 atom stereocenters. The van der Waals surface area contributed by atoms with Crippen molar-refractivity contribution in [1.82, 2.24) is 0 Å². The number of carboxylic acid groups (broad SMARTS) is 1. The maximum Gasteiger partial charge on any atom is 0.343 e. The molecule has 1 aliphatic heterocycles. The third-order valence-corrected chi connectivity index (χ3v) is 5.31. The van der Waals surface area contributed by atoms with Gasteiger partial charge in [-0.3, -0.25) is 0 Å². The van der Waals surface area contributed by atoms with Crippen LogP contribution in [0.1, 0.15) is 28.2 Å². The first-order valence-electron chi connectivity index (χ1n) is 8.30. The third kappa shape index (κ3) is 4.17. The molecule has 136 valence electrons. The van der Waals surface area contributed by atoms with Crippen LogP contribution in [-0.4, -0.2) is 30.3 Å². The lowest BCUT2D eigenvalue weighted by molar-refractivity contribution is -0.690. The lowest BCUT2D eigenvalue weighted by atomic mass is 10.2. The van der Waals surface area contributed by atoms with Crippen LogP contribution in [0.3, 0.4) is 0 Å². The van der Waals surface area contributed by atoms with Crippen LogP contribution in [0.5, 0.6) is 11.5 Å². The van der Waals surface area contributed by atoms with Gasteiger partial charge in [-0.15, -0.1) is 0 Å². The van der Waals surface area contributed by atoms with Crippen LogP contribution in [0.25, 0.3) is 0 Å². The molecular weight excluding hydrogens is 354 g/mol. The van der Waals surface area contributed by atoms with Gasteiger partial charge in [-0.2, -0.15) is 0 Å². The fourth-order valence-electron chi connectivity index (χ4n) is 2.67. The van der Waals surface area contributed by atoms with Crippen molar-refractivity contribution in [3.63, 3.8) is 0 Å². The topological polar surface area (TPSA) is 92.3 Å². The number of rotatable bonds is 6. The number of aliphatic carboxylic acids is 1. The molecule has 2 aromatic carbocycles. The van der Waals surface area contributed by atoms with Crippen molar-refractivity contribution >= 4 is 23.7 Å². The minimum Gasteiger partial charge on any atom is -0.544 e. The summed E-state index contributed by atoms with van der Waals surface area (Å²) in [6.07, 6.45) is 0. The molecule has 0 unspecified atom stereocenters. The van der Waals surface area contributed by atoms with Crippen molar-refractivity contribution < 1.29 is 29.5 Å². The molecule has 0 saturated carbocycles. The molecule has 1 aliphatic rings. The molecule has 3 rings (SSSR count). The summed E-state index contributed by atoms with van der Waals surface area (Å²) in [5.74, 6) is -0.234. The number of hydrogen-bond acceptors (Lipinski definition) is 6. The van der Waals surface area contributed by atoms with Crippen LogP contribution >= 0.6 is 11.8 Å². The summed E-state index contributed by atoms with van der Waals surface area (Å²) >= 11 is 1.54. The van der Waals surface area contributed by atoms with Gasteiger partial charge in [0.25, 0.3) is 0 Å². The van der Waals surface area contributed by atoms with Crippen LogP contribution in [0.4, 0.5) is 0 Å². The molecule has 1 saturated heterocycles. The normalized spacial score (nSPS) is 19.1. The second-order valence-electron chi connectivity index (χ2n) is 5.77. The minimum absolute atomic E-state index is 0.0593. The number of benzene rings is 2. The maximum atomic E-state index is 12.3. The molecule has 0 aliphatic carbocycles. The van der Waals surface area contributed by atoms with E-state index >= 15 is 0 Å². The molecule has 2 N–H and O–H groups in total. The van der Waals surface area contributed by atoms with Crippen molar-refractivity contribution in [3.8, 4) is 11.5 Å². The Morgan fingerprint density at radius 1 is 1.19 bits per heavy atom. The van der Waals surface area contributed by atoms with Crippen molar-refractivity contribution in [2.45, 2.75) is 18.3 Å². The molecule has 2 aromatic rings. The first-order valence-corrected chi connectivity index (χ1v) is 9.34. The number of thioether (sulfide) groups is 1. The van der Waals surface area contributed by atoms with Crippen molar-refractivity contribution in [2.75, 3.05) is 12.4 Å². The summed E-state index contributed by atoms with van der Waals surface area (Å²) in [6, 6.07) is 13.5. The van der Waals surface area contributed by atoms with Crippen LogP contribution in [-0.2, 0) is 4.79 Å². The van der Waals surface area contributed by atoms with Gasteiger partial charge in [0.1, 0.15) is 12.0 Å². The summed E-state index contributed by atoms with van der Waals surface area (Å²) in [4.78, 5) is 23.3. The van der Waals surface area contributed by atoms with E-state index in [-0.39, 0.29) is 5.37 Å². The molecule has 0 aromatic heterocycles. The van der Waals surface area contributed by atoms with Crippen LogP contribution in [0.2, 0.25) is 0 Å². The Hall–Kier alpha value is -2.51. The van der Waals surface area contributed by atoms with Crippen LogP contribution in [0.15, 0.2) is 48.5 Å². The molecule has 26 heavy (non-hydrogen) atoms. The first-order chi connectivity index (χ1) is 12.6. The average Bonchev–Trinajstić information content (AvgIpc) is 3.14. The standard InChI is InChI=1S/C19H19NO5S/c1-2-24-16-10-13(17-20-14(11-26-17)18(21)22)8-9-15(16)25-19(23)12-6-4-3-5-7-12/h3-10,14,17,20H,2,11H2,1H3,(H,21,22)/t14-,17-/m0/s1. The highest BCUT2D eigenvalue weighted by Crippen LogP contribution is 2.34. The molecule has 1 heterocycles. The van der Waals surface area contributed by atoms with Crippen molar-refractivity contribution in [2.24, 2.45) is 0 Å². The molecule has 1 fully saturated rings. The number of hydrogen-bond donors (Lipinski definition) is 1. The number of carbonyl (C=O) groups excluding carboxylic acids is 2. The average molecular weight is 373 g/mol. The highest BCUT2D eigenvalue weighted by Gasteiger charge is 2.31. The Morgan fingerprint density at radius 3 is 2.62 bits per heavy atom. The Kier molecular flexibility index (Phi) is 5.80. The van der Waals surface area contributed by atoms with Crippen molar-refractivity contribution in [3.05, 3.63) is 59.7 Å². The van der Waals surface area contributed by atoms with E-state index in [1.165, 1.54) is 11.8 Å². The molecule has 0 amide bonds. The van der Waals surface area contributed by atoms with Gasteiger partial charge in [0.05, 0.1) is 17.9 Å². The number of nitrogens with two attached hydrogens (primary N) is 1. The second kappa shape index (κ2) is 8.25. The number of ether oxygens (including phenoxy) is 2. The SMILES string of the molecule is CCOc1cc([C@H]2[NH2+][C@H](C(=O)[O-])CS2)ccc1OC(=O)c1ccccc1. The number of carboxylic acids is 1. The summed E-state index contributed by atoms with van der Waals surface area (Å²) < 4.78 is 11.1. The zero-order valence-electron chi connectivity index (χ0n) is 14.2. The summed E-state index contributed by atoms with van der Waals surface area (Å²) in [7, 11) is 0. The van der Waals surface area contributed by atoms with Gasteiger partial charge in [0, 0.05) is 5.56 Å². The number of carbonyl (C=O) groups is 2. The fourth-order valence-corrected chi connectivity index (χ4v) is 3.97. The lowest BCUT2D eigenvalue weighted by Gasteiger charge is -2.15. The van der Waals surface area contributed by atoms with Gasteiger partial charge in [-0.05, 0) is 37.3 Å². The van der Waals surface area contributed by atoms with Crippen molar-refractivity contribution in [1.29, 1.82) is 0 Å². The van der Waals surface area contributed by atoms with Gasteiger partial charge in [0.2, 0.25) is 0 Å². The molecule has 0 bridgehead atoms. The Bertz CT molecular complexity index is 796. The van der Waals surface area contributed by atoms with E-state index in [0.717, 1.165) is 5.56 Å². The molecule has 7 heteroatoms. The van der Waals surface area contributed by atoms with E-state index in [9.17, 15) is 14.7 Å². The van der Waals surface area contributed by atoms with Gasteiger partial charge in [0.15, 0.2) is 16.9 Å². The van der Waals surface area contributed by atoms with Gasteiger partial charge in [-0.1, -0.05) is 30.0 Å². The Morgan fingerprint density at radius 2 is 1.96 bits per heavy atom. The number of esters is 1. The predicted molar refractivity (Wildman–Crippen MR) is 94.9 cm³/mol. The quantitative estimate of drug-likeness (QED) is 0.593. The van der Waals surface area contributed by atoms with E-state index < -0.39 is 18.0 Å². The largest absolute Gasteiger partial charge is 0.544 e. The van der Waals surface area contributed by atoms with Gasteiger partial charge in [-0.25, -0.2) is 4.79 Å². The first kappa shape index (κ1) is 18.3. The Balaban J connectivity index is 1.79. The number of quaternary nitrogens is 1. The van der Waals surface area contributed by atoms with E-state index in [4.69, 9.17) is 9.47 Å². The third-order valence-electron chi connectivity index (χ3n) is 3.97. The molecular formula is C19H19NO5S. The van der Waals surface area contributed by atoms with Gasteiger partial charge >= 0.3 is 5.97 Å². The molecule has 0 radical (unpaired) electrons. The van der Waals surface area contributed by atoms with E-state index in [2.05, 4.69) is 0 Å². The zero-order valence-corrected chi connectivity index (χ0v) is 15.0. The lowest BCUT2D eigenvalue weighted by Crippen LogP contribution is -2.90. The van der Waals surface area contributed by atoms with Crippen LogP contribution in [0, 0.1) is 0 Å². The highest BCUT2D eigenvalue weighted by atomic mass is 32.2. The van der Waals surface area contributed by atoms with E-state index in [0.29, 0.717) is 29.4 Å². The maximum absolute atomic E-state index is 12.3. The Labute approximate surface area is 155 Å². The zero-order chi connectivity index (χ0) is 18.5. The molecule has 0 spiro atoms. The van der Waals surface area contributed by atoms with Gasteiger partial charge < -0.3 is 24.7 Å². The smallest absolute Gasteiger partial charge is 0.343 e. The summed E-state index contributed by atoms with van der Waals surface area (Å²) in [5.41, 5.74) is 1.36. The van der Waals surface area contributed by atoms with Crippen LogP contribution < -0.4 is 19.9 Å². The fraction of sp³-hybridized carbons (Fsp3) is 0.263. The van der Waals surface area contributed by atoms with E-state index in [1.54, 1.807) is 41.7 Å². The highest BCUT2D eigenvalue weighted by molar-refractivity contribution is 7.99. The predicted octanol–water partition coefficient (Wildman–Crippen LogP) is 0.732. The second-order valence-corrected chi connectivity index (χ2v) is 6.94. The molecule has 6 nitrogen and oxygen atoms in total. The van der Waals surface area contributed by atoms with E-state index in [1.807, 2.05) is 19.1 Å². The summed E-state index contributed by atoms with van der Waals surface area (Å²) in [6.45, 7) is 2.26. The monoisotopic (exact) mass is 373 g/mol. The summed E-state index contributed by atoms with van der Waals surface area (Å²) in [5, 5.41) is 12.7. The minimum atomic E-state index is -1.06.